The molecule has 6 heteroatoms. The summed E-state index contributed by atoms with van der Waals surface area (Å²) in [4.78, 5) is 24.5. The number of pyridine rings is 1. The normalized spacial score (nSPS) is 10.7. The first kappa shape index (κ1) is 14.1. The van der Waals surface area contributed by atoms with E-state index in [9.17, 15) is 9.59 Å². The third-order valence-electron chi connectivity index (χ3n) is 3.04. The van der Waals surface area contributed by atoms with Crippen molar-refractivity contribution in [2.24, 2.45) is 0 Å². The van der Waals surface area contributed by atoms with Crippen molar-refractivity contribution in [1.29, 1.82) is 0 Å². The van der Waals surface area contributed by atoms with Crippen LogP contribution < -0.4 is 10.5 Å². The maximum atomic E-state index is 12.2. The van der Waals surface area contributed by atoms with Gasteiger partial charge < -0.3 is 14.7 Å². The van der Waals surface area contributed by atoms with E-state index in [1.807, 2.05) is 6.07 Å². The van der Waals surface area contributed by atoms with E-state index in [-0.39, 0.29) is 18.8 Å². The quantitative estimate of drug-likeness (QED) is 0.886. The van der Waals surface area contributed by atoms with Crippen LogP contribution in [-0.2, 0) is 16.3 Å². The van der Waals surface area contributed by atoms with Gasteiger partial charge in [0.15, 0.2) is 0 Å². The Morgan fingerprint density at radius 2 is 2.15 bits per heavy atom. The Kier molecular flexibility index (Phi) is 4.05. The number of hydrogen-bond donors (Lipinski definition) is 1. The Labute approximate surface area is 115 Å². The SMILES string of the molecule is COCn1ccc2cc(N(C)CC(=O)O)ccc2c1=O. The smallest absolute Gasteiger partial charge is 0.323 e. The fourth-order valence-corrected chi connectivity index (χ4v) is 2.05. The average molecular weight is 276 g/mol. The molecule has 0 aliphatic rings. The second kappa shape index (κ2) is 5.75. The van der Waals surface area contributed by atoms with Crippen molar-refractivity contribution < 1.29 is 14.6 Å². The molecule has 0 amide bonds. The fraction of sp³-hybridized carbons (Fsp3) is 0.286. The van der Waals surface area contributed by atoms with Gasteiger partial charge in [0.25, 0.3) is 5.56 Å². The number of ether oxygens (including phenoxy) is 1. The summed E-state index contributed by atoms with van der Waals surface area (Å²) in [5, 5.41) is 10.1. The van der Waals surface area contributed by atoms with E-state index in [0.29, 0.717) is 5.39 Å². The Morgan fingerprint density at radius 1 is 1.40 bits per heavy atom. The Bertz CT molecular complexity index is 693. The number of rotatable bonds is 5. The number of hydrogen-bond acceptors (Lipinski definition) is 4. The zero-order chi connectivity index (χ0) is 14.7. The standard InChI is InChI=1S/C14H16N2O4/c1-15(8-13(17)18)11-3-4-12-10(7-11)5-6-16(9-20-2)14(12)19/h3-7H,8-9H2,1-2H3,(H,17,18). The van der Waals surface area contributed by atoms with E-state index in [0.717, 1.165) is 11.1 Å². The molecule has 1 aromatic carbocycles. The van der Waals surface area contributed by atoms with Crippen LogP contribution >= 0.6 is 0 Å². The van der Waals surface area contributed by atoms with Crippen molar-refractivity contribution >= 4 is 22.4 Å². The largest absolute Gasteiger partial charge is 0.480 e. The zero-order valence-electron chi connectivity index (χ0n) is 11.4. The molecule has 1 N–H and O–H groups in total. The summed E-state index contributed by atoms with van der Waals surface area (Å²) in [6.07, 6.45) is 1.66. The number of anilines is 1. The second-order valence-electron chi connectivity index (χ2n) is 4.53. The summed E-state index contributed by atoms with van der Waals surface area (Å²) in [5.74, 6) is -0.900. The molecule has 0 bridgehead atoms. The Morgan fingerprint density at radius 3 is 2.80 bits per heavy atom. The van der Waals surface area contributed by atoms with Gasteiger partial charge in [0, 0.05) is 31.4 Å². The van der Waals surface area contributed by atoms with Crippen LogP contribution in [0.1, 0.15) is 0 Å². The number of benzene rings is 1. The number of likely N-dealkylation sites (N-methyl/N-ethyl adjacent to an activating group) is 1. The van der Waals surface area contributed by atoms with Crippen molar-refractivity contribution in [1.82, 2.24) is 4.57 Å². The number of aliphatic carboxylic acids is 1. The molecule has 0 unspecified atom stereocenters. The number of methoxy groups -OCH3 is 1. The van der Waals surface area contributed by atoms with E-state index >= 15 is 0 Å². The van der Waals surface area contributed by atoms with E-state index in [4.69, 9.17) is 9.84 Å². The Balaban J connectivity index is 2.43. The summed E-state index contributed by atoms with van der Waals surface area (Å²) in [7, 11) is 3.22. The van der Waals surface area contributed by atoms with Gasteiger partial charge >= 0.3 is 5.97 Å². The van der Waals surface area contributed by atoms with Gasteiger partial charge in [0.2, 0.25) is 0 Å². The molecule has 2 aromatic rings. The lowest BCUT2D eigenvalue weighted by Crippen LogP contribution is -2.25. The maximum Gasteiger partial charge on any atom is 0.323 e. The molecule has 0 spiro atoms. The molecule has 0 atom stereocenters. The minimum absolute atomic E-state index is 0.0910. The highest BCUT2D eigenvalue weighted by atomic mass is 16.5. The number of fused-ring (bicyclic) bond motifs is 1. The summed E-state index contributed by atoms with van der Waals surface area (Å²) < 4.78 is 6.43. The molecule has 0 radical (unpaired) electrons. The molecule has 0 saturated carbocycles. The average Bonchev–Trinajstić information content (AvgIpc) is 2.41. The number of aromatic nitrogens is 1. The van der Waals surface area contributed by atoms with Crippen LogP contribution in [0.15, 0.2) is 35.3 Å². The molecule has 20 heavy (non-hydrogen) atoms. The minimum Gasteiger partial charge on any atom is -0.480 e. The lowest BCUT2D eigenvalue weighted by Gasteiger charge is -2.17. The predicted molar refractivity (Wildman–Crippen MR) is 76.1 cm³/mol. The maximum absolute atomic E-state index is 12.2. The lowest BCUT2D eigenvalue weighted by molar-refractivity contribution is -0.135. The van der Waals surface area contributed by atoms with Gasteiger partial charge in [-0.25, -0.2) is 0 Å². The molecular weight excluding hydrogens is 260 g/mol. The highest BCUT2D eigenvalue weighted by Gasteiger charge is 2.08. The van der Waals surface area contributed by atoms with Crippen molar-refractivity contribution in [2.45, 2.75) is 6.73 Å². The molecule has 2 rings (SSSR count). The lowest BCUT2D eigenvalue weighted by atomic mass is 10.1. The van der Waals surface area contributed by atoms with Crippen molar-refractivity contribution in [3.05, 3.63) is 40.8 Å². The van der Waals surface area contributed by atoms with E-state index < -0.39 is 5.97 Å². The first-order chi connectivity index (χ1) is 9.52. The highest BCUT2D eigenvalue weighted by molar-refractivity contribution is 5.85. The summed E-state index contributed by atoms with van der Waals surface area (Å²) in [6, 6.07) is 7.06. The van der Waals surface area contributed by atoms with E-state index in [2.05, 4.69) is 0 Å². The van der Waals surface area contributed by atoms with E-state index in [1.54, 1.807) is 36.3 Å². The number of carbonyl (C=O) groups is 1. The molecule has 0 fully saturated rings. The van der Waals surface area contributed by atoms with Crippen molar-refractivity contribution in [2.75, 3.05) is 25.6 Å². The number of carboxylic acid groups (broad SMARTS) is 1. The van der Waals surface area contributed by atoms with Gasteiger partial charge in [-0.1, -0.05) is 0 Å². The molecule has 0 aliphatic carbocycles. The third-order valence-corrected chi connectivity index (χ3v) is 3.04. The van der Waals surface area contributed by atoms with Crippen LogP contribution in [0, 0.1) is 0 Å². The molecular formula is C14H16N2O4. The summed E-state index contributed by atoms with van der Waals surface area (Å²) in [5.41, 5.74) is 0.626. The first-order valence-electron chi connectivity index (χ1n) is 6.08. The fourth-order valence-electron chi connectivity index (χ4n) is 2.05. The molecule has 1 heterocycles. The van der Waals surface area contributed by atoms with Gasteiger partial charge in [-0.2, -0.15) is 0 Å². The van der Waals surface area contributed by atoms with Crippen LogP contribution in [0.5, 0.6) is 0 Å². The summed E-state index contributed by atoms with van der Waals surface area (Å²) >= 11 is 0. The minimum atomic E-state index is -0.900. The van der Waals surface area contributed by atoms with Crippen LogP contribution in [0.25, 0.3) is 10.8 Å². The van der Waals surface area contributed by atoms with Crippen LogP contribution in [-0.4, -0.2) is 36.3 Å². The third kappa shape index (κ3) is 2.80. The topological polar surface area (TPSA) is 71.8 Å². The van der Waals surface area contributed by atoms with Gasteiger partial charge in [0.1, 0.15) is 13.3 Å². The zero-order valence-corrected chi connectivity index (χ0v) is 11.4. The monoisotopic (exact) mass is 276 g/mol. The summed E-state index contributed by atoms with van der Waals surface area (Å²) in [6.45, 7) is 0.113. The molecule has 106 valence electrons. The van der Waals surface area contributed by atoms with Gasteiger partial charge in [-0.3, -0.25) is 14.2 Å². The predicted octanol–water partition coefficient (Wildman–Crippen LogP) is 1.13. The van der Waals surface area contributed by atoms with Crippen molar-refractivity contribution in [3.8, 4) is 0 Å². The Hall–Kier alpha value is -2.34. The van der Waals surface area contributed by atoms with Crippen LogP contribution in [0.3, 0.4) is 0 Å². The van der Waals surface area contributed by atoms with Crippen LogP contribution in [0.2, 0.25) is 0 Å². The number of carboxylic acids is 1. The van der Waals surface area contributed by atoms with Crippen LogP contribution in [0.4, 0.5) is 5.69 Å². The molecule has 0 aliphatic heterocycles. The number of nitrogens with zero attached hydrogens (tertiary/aromatic N) is 2. The van der Waals surface area contributed by atoms with Gasteiger partial charge in [-0.05, 0) is 29.7 Å². The highest BCUT2D eigenvalue weighted by Crippen LogP contribution is 2.19. The second-order valence-corrected chi connectivity index (χ2v) is 4.53. The molecule has 1 aromatic heterocycles. The first-order valence-corrected chi connectivity index (χ1v) is 6.08. The molecule has 0 saturated heterocycles. The van der Waals surface area contributed by atoms with Gasteiger partial charge in [0.05, 0.1) is 0 Å². The van der Waals surface area contributed by atoms with Crippen molar-refractivity contribution in [3.63, 3.8) is 0 Å². The van der Waals surface area contributed by atoms with Gasteiger partial charge in [-0.15, -0.1) is 0 Å². The molecule has 6 nitrogen and oxygen atoms in total. The van der Waals surface area contributed by atoms with E-state index in [1.165, 1.54) is 11.7 Å².